The quantitative estimate of drug-likeness (QED) is 0.268. The number of methoxy groups -OCH3 is 1. The summed E-state index contributed by atoms with van der Waals surface area (Å²) in [4.78, 5) is 29.6. The third-order valence-electron chi connectivity index (χ3n) is 4.55. The molecule has 0 fully saturated rings. The molecule has 1 heterocycles. The SMILES string of the molecule is COC(=O)c1cccc(CSc2nc3ccccc3c(=O)n2-c2ccccc2F)c1. The molecule has 4 aromatic rings. The lowest BCUT2D eigenvalue weighted by Gasteiger charge is -2.14. The van der Waals surface area contributed by atoms with Gasteiger partial charge in [0.2, 0.25) is 0 Å². The Balaban J connectivity index is 1.79. The van der Waals surface area contributed by atoms with Crippen LogP contribution in [0.4, 0.5) is 4.39 Å². The van der Waals surface area contributed by atoms with Gasteiger partial charge in [-0.2, -0.15) is 0 Å². The summed E-state index contributed by atoms with van der Waals surface area (Å²) in [6.07, 6.45) is 0. The van der Waals surface area contributed by atoms with E-state index in [1.807, 2.05) is 6.07 Å². The molecule has 0 aliphatic carbocycles. The summed E-state index contributed by atoms with van der Waals surface area (Å²) >= 11 is 1.29. The van der Waals surface area contributed by atoms with Crippen LogP contribution in [-0.2, 0) is 10.5 Å². The van der Waals surface area contributed by atoms with Gasteiger partial charge in [-0.1, -0.05) is 48.2 Å². The van der Waals surface area contributed by atoms with Gasteiger partial charge in [-0.05, 0) is 42.0 Å². The molecule has 4 rings (SSSR count). The molecule has 7 heteroatoms. The predicted molar refractivity (Wildman–Crippen MR) is 115 cm³/mol. The van der Waals surface area contributed by atoms with Gasteiger partial charge >= 0.3 is 5.97 Å². The number of halogens is 1. The molecule has 0 atom stereocenters. The van der Waals surface area contributed by atoms with Crippen molar-refractivity contribution < 1.29 is 13.9 Å². The zero-order valence-electron chi connectivity index (χ0n) is 16.0. The van der Waals surface area contributed by atoms with Crippen LogP contribution in [0.25, 0.3) is 16.6 Å². The molecular weight excluding hydrogens is 403 g/mol. The van der Waals surface area contributed by atoms with Crippen molar-refractivity contribution in [3.05, 3.63) is 100 Å². The van der Waals surface area contributed by atoms with Crippen molar-refractivity contribution in [2.24, 2.45) is 0 Å². The van der Waals surface area contributed by atoms with Gasteiger partial charge in [-0.3, -0.25) is 9.36 Å². The zero-order valence-corrected chi connectivity index (χ0v) is 16.9. The van der Waals surface area contributed by atoms with E-state index in [9.17, 15) is 14.0 Å². The molecule has 0 aliphatic rings. The summed E-state index contributed by atoms with van der Waals surface area (Å²) in [6, 6.07) is 20.1. The third kappa shape index (κ3) is 3.84. The van der Waals surface area contributed by atoms with Gasteiger partial charge in [-0.25, -0.2) is 14.2 Å². The Morgan fingerprint density at radius 3 is 2.63 bits per heavy atom. The smallest absolute Gasteiger partial charge is 0.337 e. The molecule has 1 aromatic heterocycles. The molecule has 0 saturated carbocycles. The van der Waals surface area contributed by atoms with Crippen molar-refractivity contribution in [1.29, 1.82) is 0 Å². The molecule has 0 N–H and O–H groups in total. The Labute approximate surface area is 176 Å². The normalized spacial score (nSPS) is 10.9. The number of fused-ring (bicyclic) bond motifs is 1. The number of carbonyl (C=O) groups is 1. The average molecular weight is 420 g/mol. The number of hydrogen-bond acceptors (Lipinski definition) is 5. The minimum absolute atomic E-state index is 0.145. The van der Waals surface area contributed by atoms with Gasteiger partial charge in [0.1, 0.15) is 5.82 Å². The minimum Gasteiger partial charge on any atom is -0.465 e. The molecule has 5 nitrogen and oxygen atoms in total. The fourth-order valence-corrected chi connectivity index (χ4v) is 4.06. The van der Waals surface area contributed by atoms with Crippen LogP contribution in [0.15, 0.2) is 82.7 Å². The molecule has 0 unspecified atom stereocenters. The van der Waals surface area contributed by atoms with E-state index in [2.05, 4.69) is 4.98 Å². The van der Waals surface area contributed by atoms with Crippen LogP contribution < -0.4 is 5.56 Å². The number of nitrogens with zero attached hydrogens (tertiary/aromatic N) is 2. The van der Waals surface area contributed by atoms with Crippen molar-refractivity contribution in [2.45, 2.75) is 10.9 Å². The van der Waals surface area contributed by atoms with Gasteiger partial charge in [-0.15, -0.1) is 0 Å². The first-order chi connectivity index (χ1) is 14.6. The number of thioether (sulfide) groups is 1. The number of benzene rings is 3. The lowest BCUT2D eigenvalue weighted by molar-refractivity contribution is 0.0600. The maximum absolute atomic E-state index is 14.5. The van der Waals surface area contributed by atoms with E-state index in [-0.39, 0.29) is 11.2 Å². The lowest BCUT2D eigenvalue weighted by atomic mass is 10.1. The maximum Gasteiger partial charge on any atom is 0.337 e. The summed E-state index contributed by atoms with van der Waals surface area (Å²) in [6.45, 7) is 0. The van der Waals surface area contributed by atoms with Crippen molar-refractivity contribution in [2.75, 3.05) is 7.11 Å². The molecule has 30 heavy (non-hydrogen) atoms. The highest BCUT2D eigenvalue weighted by Gasteiger charge is 2.16. The summed E-state index contributed by atoms with van der Waals surface area (Å²) in [5.74, 6) is -0.496. The van der Waals surface area contributed by atoms with Crippen LogP contribution in [0.5, 0.6) is 0 Å². The number of para-hydroxylation sites is 2. The highest BCUT2D eigenvalue weighted by Crippen LogP contribution is 2.26. The number of rotatable bonds is 5. The van der Waals surface area contributed by atoms with E-state index >= 15 is 0 Å². The fourth-order valence-electron chi connectivity index (χ4n) is 3.11. The zero-order chi connectivity index (χ0) is 21.1. The van der Waals surface area contributed by atoms with Crippen LogP contribution in [0, 0.1) is 5.82 Å². The molecule has 150 valence electrons. The average Bonchev–Trinajstić information content (AvgIpc) is 2.78. The Hall–Kier alpha value is -3.45. The van der Waals surface area contributed by atoms with Crippen LogP contribution in [-0.4, -0.2) is 22.6 Å². The first-order valence-corrected chi connectivity index (χ1v) is 10.1. The second kappa shape index (κ2) is 8.51. The molecule has 0 spiro atoms. The number of esters is 1. The summed E-state index contributed by atoms with van der Waals surface area (Å²) in [7, 11) is 1.33. The highest BCUT2D eigenvalue weighted by molar-refractivity contribution is 7.98. The van der Waals surface area contributed by atoms with Gasteiger partial charge in [0, 0.05) is 5.75 Å². The van der Waals surface area contributed by atoms with E-state index in [4.69, 9.17) is 4.74 Å². The van der Waals surface area contributed by atoms with Crippen molar-refractivity contribution in [3.8, 4) is 5.69 Å². The van der Waals surface area contributed by atoms with Gasteiger partial charge in [0.25, 0.3) is 5.56 Å². The van der Waals surface area contributed by atoms with Crippen molar-refractivity contribution in [1.82, 2.24) is 9.55 Å². The van der Waals surface area contributed by atoms with E-state index in [0.29, 0.717) is 27.4 Å². The van der Waals surface area contributed by atoms with Crippen molar-refractivity contribution >= 4 is 28.6 Å². The van der Waals surface area contributed by atoms with Gasteiger partial charge in [0.15, 0.2) is 5.16 Å². The number of carbonyl (C=O) groups excluding carboxylic acids is 1. The molecule has 0 aliphatic heterocycles. The summed E-state index contributed by atoms with van der Waals surface area (Å²) in [5.41, 5.74) is 1.64. The molecule has 3 aromatic carbocycles. The van der Waals surface area contributed by atoms with Crippen LogP contribution in [0.1, 0.15) is 15.9 Å². The van der Waals surface area contributed by atoms with Crippen LogP contribution >= 0.6 is 11.8 Å². The summed E-state index contributed by atoms with van der Waals surface area (Å²) in [5, 5.41) is 0.782. The Bertz CT molecular complexity index is 1300. The molecule has 0 amide bonds. The number of ether oxygens (including phenoxy) is 1. The lowest BCUT2D eigenvalue weighted by Crippen LogP contribution is -2.22. The molecule has 0 bridgehead atoms. The van der Waals surface area contributed by atoms with Gasteiger partial charge in [0.05, 0.1) is 29.3 Å². The van der Waals surface area contributed by atoms with Crippen molar-refractivity contribution in [3.63, 3.8) is 0 Å². The standard InChI is InChI=1S/C23H17FN2O3S/c1-29-22(28)16-8-6-7-15(13-16)14-30-23-25-19-11-4-2-9-17(19)21(27)26(23)20-12-5-3-10-18(20)24/h2-13H,14H2,1H3. The number of aromatic nitrogens is 2. The minimum atomic E-state index is -0.508. The van der Waals surface area contributed by atoms with E-state index in [1.165, 1.54) is 29.5 Å². The second-order valence-electron chi connectivity index (χ2n) is 6.48. The highest BCUT2D eigenvalue weighted by atomic mass is 32.2. The first kappa shape index (κ1) is 19.8. The summed E-state index contributed by atoms with van der Waals surface area (Å²) < 4.78 is 20.6. The van der Waals surface area contributed by atoms with E-state index in [1.54, 1.807) is 60.7 Å². The van der Waals surface area contributed by atoms with Gasteiger partial charge < -0.3 is 4.74 Å². The topological polar surface area (TPSA) is 61.2 Å². The molecular formula is C23H17FN2O3S. The monoisotopic (exact) mass is 420 g/mol. The van der Waals surface area contributed by atoms with E-state index < -0.39 is 11.8 Å². The Kier molecular flexibility index (Phi) is 5.63. The molecule has 0 saturated heterocycles. The third-order valence-corrected chi connectivity index (χ3v) is 5.56. The van der Waals surface area contributed by atoms with Crippen LogP contribution in [0.3, 0.4) is 0 Å². The predicted octanol–water partition coefficient (Wildman–Crippen LogP) is 4.60. The number of hydrogen-bond donors (Lipinski definition) is 0. The molecule has 0 radical (unpaired) electrons. The fraction of sp³-hybridized carbons (Fsp3) is 0.0870. The van der Waals surface area contributed by atoms with Crippen LogP contribution in [0.2, 0.25) is 0 Å². The second-order valence-corrected chi connectivity index (χ2v) is 7.43. The first-order valence-electron chi connectivity index (χ1n) is 9.15. The maximum atomic E-state index is 14.5. The largest absolute Gasteiger partial charge is 0.465 e. The Morgan fingerprint density at radius 1 is 1.07 bits per heavy atom. The van der Waals surface area contributed by atoms with E-state index in [0.717, 1.165) is 5.56 Å². The Morgan fingerprint density at radius 2 is 1.83 bits per heavy atom.